The molecule has 2 heterocycles. The molecular weight excluding hydrogens is 284 g/mol. The normalized spacial score (nSPS) is 15.8. The molecule has 0 spiro atoms. The summed E-state index contributed by atoms with van der Waals surface area (Å²) >= 11 is 0. The topological polar surface area (TPSA) is 76.5 Å². The molecule has 1 aromatic heterocycles. The lowest BCUT2D eigenvalue weighted by Crippen LogP contribution is -2.46. The third kappa shape index (κ3) is 4.30. The number of aromatic nitrogens is 2. The Labute approximate surface area is 130 Å². The molecule has 1 fully saturated rings. The van der Waals surface area contributed by atoms with Gasteiger partial charge in [0.1, 0.15) is 6.61 Å². The molecule has 0 radical (unpaired) electrons. The highest BCUT2D eigenvalue weighted by Gasteiger charge is 2.21. The second-order valence-electron chi connectivity index (χ2n) is 5.33. The molecule has 7 heteroatoms. The highest BCUT2D eigenvalue weighted by Crippen LogP contribution is 2.17. The predicted molar refractivity (Wildman–Crippen MR) is 84.0 cm³/mol. The number of hydrogen-bond acceptors (Lipinski definition) is 5. The van der Waals surface area contributed by atoms with E-state index >= 15 is 0 Å². The van der Waals surface area contributed by atoms with Gasteiger partial charge in [0.2, 0.25) is 5.91 Å². The number of ether oxygens (including phenoxy) is 1. The molecule has 1 aliphatic heterocycles. The van der Waals surface area contributed by atoms with Crippen molar-refractivity contribution < 1.29 is 9.53 Å². The van der Waals surface area contributed by atoms with Gasteiger partial charge < -0.3 is 15.0 Å². The average molecular weight is 308 g/mol. The Bertz CT molecular complexity index is 550. The van der Waals surface area contributed by atoms with E-state index in [-0.39, 0.29) is 24.1 Å². The van der Waals surface area contributed by atoms with Gasteiger partial charge in [-0.25, -0.2) is 4.68 Å². The molecule has 0 aromatic carbocycles. The largest absolute Gasteiger partial charge is 0.372 e. The molecule has 0 bridgehead atoms. The van der Waals surface area contributed by atoms with E-state index in [1.807, 2.05) is 13.8 Å². The van der Waals surface area contributed by atoms with Crippen LogP contribution in [0.25, 0.3) is 0 Å². The Hall–Kier alpha value is -1.89. The second-order valence-corrected chi connectivity index (χ2v) is 5.33. The van der Waals surface area contributed by atoms with Crippen LogP contribution in [0.15, 0.2) is 17.1 Å². The summed E-state index contributed by atoms with van der Waals surface area (Å²) < 4.78 is 6.53. The number of nitrogens with zero attached hydrogens (tertiary/aromatic N) is 3. The predicted octanol–water partition coefficient (Wildman–Crippen LogP) is 0.385. The van der Waals surface area contributed by atoms with E-state index in [9.17, 15) is 9.59 Å². The summed E-state index contributed by atoms with van der Waals surface area (Å²) in [5, 5.41) is 7.13. The first-order valence-corrected chi connectivity index (χ1v) is 7.83. The maximum absolute atomic E-state index is 11.8. The van der Waals surface area contributed by atoms with Crippen molar-refractivity contribution in [2.24, 2.45) is 0 Å². The number of carbonyl (C=O) groups is 1. The number of nitrogens with one attached hydrogen (secondary N) is 1. The van der Waals surface area contributed by atoms with Crippen molar-refractivity contribution in [2.45, 2.75) is 39.3 Å². The smallest absolute Gasteiger partial charge is 0.268 e. The van der Waals surface area contributed by atoms with Crippen LogP contribution in [0, 0.1) is 0 Å². The quantitative estimate of drug-likeness (QED) is 0.822. The first-order valence-electron chi connectivity index (χ1n) is 7.83. The molecule has 1 amide bonds. The molecule has 1 aromatic rings. The first kappa shape index (κ1) is 16.5. The number of piperidine rings is 1. The molecule has 0 saturated carbocycles. The van der Waals surface area contributed by atoms with Gasteiger partial charge in [0.05, 0.1) is 11.9 Å². The van der Waals surface area contributed by atoms with E-state index < -0.39 is 0 Å². The standard InChI is InChI=1S/C15H24N4O3/c1-3-19-15(21)9-13(10-16-19)18-7-5-12(6-8-18)17-14(20)11-22-4-2/h9-10,12H,3-8,11H2,1-2H3,(H,17,20). The molecule has 1 aliphatic rings. The highest BCUT2D eigenvalue weighted by molar-refractivity contribution is 5.77. The summed E-state index contributed by atoms with van der Waals surface area (Å²) in [4.78, 5) is 25.6. The van der Waals surface area contributed by atoms with Crippen molar-refractivity contribution in [2.75, 3.05) is 31.2 Å². The average Bonchev–Trinajstić information content (AvgIpc) is 2.53. The molecule has 22 heavy (non-hydrogen) atoms. The number of hydrogen-bond donors (Lipinski definition) is 1. The molecule has 0 aliphatic carbocycles. The van der Waals surface area contributed by atoms with Gasteiger partial charge in [-0.1, -0.05) is 0 Å². The number of amides is 1. The summed E-state index contributed by atoms with van der Waals surface area (Å²) in [5.41, 5.74) is 0.779. The number of anilines is 1. The van der Waals surface area contributed by atoms with Crippen molar-refractivity contribution >= 4 is 11.6 Å². The Morgan fingerprint density at radius 2 is 2.14 bits per heavy atom. The van der Waals surface area contributed by atoms with Crippen molar-refractivity contribution in [1.82, 2.24) is 15.1 Å². The second kappa shape index (κ2) is 7.93. The molecule has 122 valence electrons. The summed E-state index contributed by atoms with van der Waals surface area (Å²) in [6, 6.07) is 1.80. The van der Waals surface area contributed by atoms with Crippen LogP contribution >= 0.6 is 0 Å². The van der Waals surface area contributed by atoms with Gasteiger partial charge in [0.25, 0.3) is 5.56 Å². The van der Waals surface area contributed by atoms with Gasteiger partial charge in [-0.05, 0) is 26.7 Å². The van der Waals surface area contributed by atoms with Gasteiger partial charge in [0.15, 0.2) is 0 Å². The van der Waals surface area contributed by atoms with Crippen LogP contribution in [-0.2, 0) is 16.1 Å². The minimum absolute atomic E-state index is 0.0625. The molecule has 0 atom stereocenters. The maximum atomic E-state index is 11.8. The lowest BCUT2D eigenvalue weighted by molar-refractivity contribution is -0.126. The third-order valence-electron chi connectivity index (χ3n) is 3.82. The first-order chi connectivity index (χ1) is 10.6. The highest BCUT2D eigenvalue weighted by atomic mass is 16.5. The zero-order valence-corrected chi connectivity index (χ0v) is 13.2. The number of rotatable bonds is 6. The molecule has 7 nitrogen and oxygen atoms in total. The van der Waals surface area contributed by atoms with Gasteiger partial charge in [0, 0.05) is 38.3 Å². The zero-order chi connectivity index (χ0) is 15.9. The van der Waals surface area contributed by atoms with Crippen molar-refractivity contribution in [3.8, 4) is 0 Å². The fraction of sp³-hybridized carbons (Fsp3) is 0.667. The Morgan fingerprint density at radius 3 is 2.73 bits per heavy atom. The van der Waals surface area contributed by atoms with Gasteiger partial charge >= 0.3 is 0 Å². The monoisotopic (exact) mass is 308 g/mol. The maximum Gasteiger partial charge on any atom is 0.268 e. The van der Waals surface area contributed by atoms with E-state index in [0.717, 1.165) is 31.6 Å². The summed E-state index contributed by atoms with van der Waals surface area (Å²) in [6.07, 6.45) is 3.45. The van der Waals surface area contributed by atoms with Crippen molar-refractivity contribution in [3.05, 3.63) is 22.6 Å². The van der Waals surface area contributed by atoms with E-state index in [0.29, 0.717) is 13.2 Å². The van der Waals surface area contributed by atoms with Gasteiger partial charge in [-0.3, -0.25) is 9.59 Å². The van der Waals surface area contributed by atoms with Crippen LogP contribution in [0.5, 0.6) is 0 Å². The lowest BCUT2D eigenvalue weighted by Gasteiger charge is -2.33. The van der Waals surface area contributed by atoms with Crippen LogP contribution in [0.2, 0.25) is 0 Å². The summed E-state index contributed by atoms with van der Waals surface area (Å²) in [6.45, 7) is 6.61. The zero-order valence-electron chi connectivity index (χ0n) is 13.2. The molecular formula is C15H24N4O3. The number of carbonyl (C=O) groups excluding carboxylic acids is 1. The van der Waals surface area contributed by atoms with Crippen LogP contribution in [0.1, 0.15) is 26.7 Å². The van der Waals surface area contributed by atoms with E-state index in [2.05, 4.69) is 15.3 Å². The molecule has 0 unspecified atom stereocenters. The molecule has 1 saturated heterocycles. The fourth-order valence-corrected chi connectivity index (χ4v) is 2.58. The Morgan fingerprint density at radius 1 is 1.41 bits per heavy atom. The minimum Gasteiger partial charge on any atom is -0.372 e. The Balaban J connectivity index is 1.85. The van der Waals surface area contributed by atoms with Gasteiger partial charge in [-0.2, -0.15) is 5.10 Å². The summed E-state index contributed by atoms with van der Waals surface area (Å²) in [5.74, 6) is -0.0625. The van der Waals surface area contributed by atoms with Crippen LogP contribution < -0.4 is 15.8 Å². The van der Waals surface area contributed by atoms with E-state index in [4.69, 9.17) is 4.74 Å². The van der Waals surface area contributed by atoms with E-state index in [1.54, 1.807) is 12.3 Å². The van der Waals surface area contributed by atoms with Crippen molar-refractivity contribution in [3.63, 3.8) is 0 Å². The Kier molecular flexibility index (Phi) is 5.94. The van der Waals surface area contributed by atoms with Crippen LogP contribution in [0.3, 0.4) is 0 Å². The minimum atomic E-state index is -0.0767. The summed E-state index contributed by atoms with van der Waals surface area (Å²) in [7, 11) is 0. The van der Waals surface area contributed by atoms with Crippen LogP contribution in [-0.4, -0.2) is 48.0 Å². The van der Waals surface area contributed by atoms with Crippen molar-refractivity contribution in [1.29, 1.82) is 0 Å². The molecule has 2 rings (SSSR count). The number of aryl methyl sites for hydroxylation is 1. The van der Waals surface area contributed by atoms with Crippen LogP contribution in [0.4, 0.5) is 5.69 Å². The van der Waals surface area contributed by atoms with Gasteiger partial charge in [-0.15, -0.1) is 0 Å². The van der Waals surface area contributed by atoms with E-state index in [1.165, 1.54) is 4.68 Å². The lowest BCUT2D eigenvalue weighted by atomic mass is 10.0. The molecule has 1 N–H and O–H groups in total. The SMILES string of the molecule is CCOCC(=O)NC1CCN(c2cnn(CC)c(=O)c2)CC1. The third-order valence-corrected chi connectivity index (χ3v) is 3.82. The fourth-order valence-electron chi connectivity index (χ4n) is 2.58.